The van der Waals surface area contributed by atoms with Gasteiger partial charge in [0.15, 0.2) is 0 Å². The van der Waals surface area contributed by atoms with Crippen molar-refractivity contribution in [2.45, 2.75) is 0 Å². The number of hydrogen-bond acceptors (Lipinski definition) is 2. The molecule has 0 amide bonds. The SMILES string of the molecule is C=CN/C(Cl)=C\N(C)C. The molecule has 0 atom stereocenters. The van der Waals surface area contributed by atoms with E-state index in [0.717, 1.165) is 0 Å². The molecule has 0 aromatic rings. The zero-order chi connectivity index (χ0) is 7.28. The first-order chi connectivity index (χ1) is 4.16. The summed E-state index contributed by atoms with van der Waals surface area (Å²) in [6, 6.07) is 0. The molecule has 3 heteroatoms. The molecule has 2 nitrogen and oxygen atoms in total. The van der Waals surface area contributed by atoms with Crippen LogP contribution in [0.25, 0.3) is 0 Å². The van der Waals surface area contributed by atoms with E-state index >= 15 is 0 Å². The van der Waals surface area contributed by atoms with Gasteiger partial charge in [-0.15, -0.1) is 0 Å². The van der Waals surface area contributed by atoms with Gasteiger partial charge in [0, 0.05) is 20.3 Å². The second kappa shape index (κ2) is 4.27. The van der Waals surface area contributed by atoms with Crippen LogP contribution in [0.2, 0.25) is 0 Å². The van der Waals surface area contributed by atoms with E-state index in [2.05, 4.69) is 11.9 Å². The van der Waals surface area contributed by atoms with Crippen LogP contribution in [0.15, 0.2) is 24.1 Å². The van der Waals surface area contributed by atoms with Crippen LogP contribution < -0.4 is 5.32 Å². The largest absolute Gasteiger partial charge is 0.381 e. The highest BCUT2D eigenvalue weighted by Gasteiger charge is 1.84. The summed E-state index contributed by atoms with van der Waals surface area (Å²) in [5.41, 5.74) is 0. The molecule has 0 aromatic heterocycles. The fraction of sp³-hybridized carbons (Fsp3) is 0.333. The minimum Gasteiger partial charge on any atom is -0.381 e. The third-order valence-electron chi connectivity index (χ3n) is 0.611. The van der Waals surface area contributed by atoms with Gasteiger partial charge in [0.2, 0.25) is 0 Å². The zero-order valence-electron chi connectivity index (χ0n) is 5.69. The predicted octanol–water partition coefficient (Wildman–Crippen LogP) is 1.32. The van der Waals surface area contributed by atoms with Crippen molar-refractivity contribution < 1.29 is 0 Å². The Morgan fingerprint density at radius 3 is 2.56 bits per heavy atom. The highest BCUT2D eigenvalue weighted by molar-refractivity contribution is 6.29. The van der Waals surface area contributed by atoms with Crippen LogP contribution in [0, 0.1) is 0 Å². The Morgan fingerprint density at radius 2 is 2.22 bits per heavy atom. The first-order valence-corrected chi connectivity index (χ1v) is 2.96. The number of rotatable bonds is 3. The molecule has 0 aliphatic carbocycles. The van der Waals surface area contributed by atoms with Crippen molar-refractivity contribution in [3.05, 3.63) is 24.1 Å². The zero-order valence-corrected chi connectivity index (χ0v) is 6.44. The summed E-state index contributed by atoms with van der Waals surface area (Å²) in [5.74, 6) is 0. The Balaban J connectivity index is 3.68. The topological polar surface area (TPSA) is 15.3 Å². The maximum Gasteiger partial charge on any atom is 0.122 e. The van der Waals surface area contributed by atoms with E-state index in [0.29, 0.717) is 5.16 Å². The van der Waals surface area contributed by atoms with Crippen molar-refractivity contribution in [3.8, 4) is 0 Å². The molecule has 0 unspecified atom stereocenters. The second-order valence-corrected chi connectivity index (χ2v) is 2.20. The third kappa shape index (κ3) is 5.24. The summed E-state index contributed by atoms with van der Waals surface area (Å²) in [4.78, 5) is 1.85. The highest BCUT2D eigenvalue weighted by Crippen LogP contribution is 1.95. The summed E-state index contributed by atoms with van der Waals surface area (Å²) in [6.45, 7) is 3.45. The molecule has 9 heavy (non-hydrogen) atoms. The van der Waals surface area contributed by atoms with Crippen LogP contribution in [0.1, 0.15) is 0 Å². The average molecular weight is 147 g/mol. The molecule has 0 bridgehead atoms. The van der Waals surface area contributed by atoms with E-state index in [1.165, 1.54) is 6.20 Å². The van der Waals surface area contributed by atoms with E-state index in [1.807, 2.05) is 19.0 Å². The Bertz CT molecular complexity index is 118. The minimum atomic E-state index is 0.565. The first-order valence-electron chi connectivity index (χ1n) is 2.58. The fourth-order valence-corrected chi connectivity index (χ4v) is 0.634. The number of hydrogen-bond donors (Lipinski definition) is 1. The first kappa shape index (κ1) is 8.37. The predicted molar refractivity (Wildman–Crippen MR) is 41.0 cm³/mol. The molecule has 0 saturated carbocycles. The molecule has 0 saturated heterocycles. The normalized spacial score (nSPS) is 10.8. The van der Waals surface area contributed by atoms with Crippen molar-refractivity contribution in [1.82, 2.24) is 10.2 Å². The maximum atomic E-state index is 5.61. The van der Waals surface area contributed by atoms with Gasteiger partial charge in [-0.25, -0.2) is 0 Å². The summed E-state index contributed by atoms with van der Waals surface area (Å²) < 4.78 is 0. The Hall–Kier alpha value is -0.630. The Kier molecular flexibility index (Phi) is 3.97. The van der Waals surface area contributed by atoms with Gasteiger partial charge in [-0.1, -0.05) is 18.2 Å². The molecule has 0 heterocycles. The van der Waals surface area contributed by atoms with Gasteiger partial charge in [0.05, 0.1) is 0 Å². The molecule has 52 valence electrons. The van der Waals surface area contributed by atoms with Gasteiger partial charge in [-0.3, -0.25) is 0 Å². The minimum absolute atomic E-state index is 0.565. The molecular formula is C6H11ClN2. The quantitative estimate of drug-likeness (QED) is 0.605. The maximum absolute atomic E-state index is 5.61. The monoisotopic (exact) mass is 146 g/mol. The molecular weight excluding hydrogens is 136 g/mol. The van der Waals surface area contributed by atoms with Gasteiger partial charge in [0.1, 0.15) is 5.16 Å². The van der Waals surface area contributed by atoms with Crippen LogP contribution >= 0.6 is 11.6 Å². The Labute approximate surface area is 60.8 Å². The summed E-state index contributed by atoms with van der Waals surface area (Å²) in [6.07, 6.45) is 3.28. The van der Waals surface area contributed by atoms with E-state index < -0.39 is 0 Å². The van der Waals surface area contributed by atoms with E-state index in [4.69, 9.17) is 11.6 Å². The molecule has 1 N–H and O–H groups in total. The van der Waals surface area contributed by atoms with E-state index in [1.54, 1.807) is 6.20 Å². The standard InChI is InChI=1S/C6H11ClN2/c1-4-8-6(7)5-9(2)3/h4-5,8H,1H2,2-3H3/b6-5-. The van der Waals surface area contributed by atoms with Crippen LogP contribution in [0.4, 0.5) is 0 Å². The van der Waals surface area contributed by atoms with Gasteiger partial charge in [0.25, 0.3) is 0 Å². The van der Waals surface area contributed by atoms with Crippen molar-refractivity contribution in [2.75, 3.05) is 14.1 Å². The number of nitrogens with zero attached hydrogens (tertiary/aromatic N) is 1. The molecule has 0 aliphatic rings. The third-order valence-corrected chi connectivity index (χ3v) is 0.818. The summed E-state index contributed by atoms with van der Waals surface area (Å²) in [5, 5.41) is 3.29. The fourth-order valence-electron chi connectivity index (χ4n) is 0.361. The van der Waals surface area contributed by atoms with Crippen molar-refractivity contribution in [3.63, 3.8) is 0 Å². The summed E-state index contributed by atoms with van der Waals surface area (Å²) >= 11 is 5.61. The molecule has 0 rings (SSSR count). The van der Waals surface area contributed by atoms with Gasteiger partial charge in [-0.05, 0) is 6.20 Å². The van der Waals surface area contributed by atoms with E-state index in [-0.39, 0.29) is 0 Å². The lowest BCUT2D eigenvalue weighted by molar-refractivity contribution is 0.559. The van der Waals surface area contributed by atoms with Gasteiger partial charge < -0.3 is 10.2 Å². The van der Waals surface area contributed by atoms with Crippen LogP contribution in [0.5, 0.6) is 0 Å². The lowest BCUT2D eigenvalue weighted by Gasteiger charge is -2.05. The van der Waals surface area contributed by atoms with Crippen LogP contribution in [-0.2, 0) is 0 Å². The number of nitrogens with one attached hydrogen (secondary N) is 1. The van der Waals surface area contributed by atoms with Gasteiger partial charge >= 0.3 is 0 Å². The second-order valence-electron chi connectivity index (χ2n) is 1.79. The van der Waals surface area contributed by atoms with Gasteiger partial charge in [-0.2, -0.15) is 0 Å². The average Bonchev–Trinajstić information content (AvgIpc) is 1.63. The Morgan fingerprint density at radius 1 is 1.67 bits per heavy atom. The molecule has 0 aliphatic heterocycles. The van der Waals surface area contributed by atoms with Crippen LogP contribution in [-0.4, -0.2) is 19.0 Å². The molecule has 0 radical (unpaired) electrons. The molecule has 0 aromatic carbocycles. The van der Waals surface area contributed by atoms with E-state index in [9.17, 15) is 0 Å². The molecule has 0 spiro atoms. The smallest absolute Gasteiger partial charge is 0.122 e. The highest BCUT2D eigenvalue weighted by atomic mass is 35.5. The molecule has 0 fully saturated rings. The lowest BCUT2D eigenvalue weighted by atomic mass is 10.7. The van der Waals surface area contributed by atoms with Crippen molar-refractivity contribution in [1.29, 1.82) is 0 Å². The van der Waals surface area contributed by atoms with Crippen molar-refractivity contribution in [2.24, 2.45) is 0 Å². The number of halogens is 1. The summed E-state index contributed by atoms with van der Waals surface area (Å²) in [7, 11) is 3.79. The lowest BCUT2D eigenvalue weighted by Crippen LogP contribution is -2.06. The van der Waals surface area contributed by atoms with Crippen LogP contribution in [0.3, 0.4) is 0 Å². The van der Waals surface area contributed by atoms with Crippen molar-refractivity contribution >= 4 is 11.6 Å².